The summed E-state index contributed by atoms with van der Waals surface area (Å²) in [4.78, 5) is 8.80. The number of nitrogens with two attached hydrogens (primary N) is 1. The van der Waals surface area contributed by atoms with Gasteiger partial charge in [-0.2, -0.15) is 0 Å². The molecular formula is C15H18N4O2. The molecule has 3 N–H and O–H groups in total. The molecule has 1 aromatic carbocycles. The molecule has 0 amide bonds. The summed E-state index contributed by atoms with van der Waals surface area (Å²) in [5, 5.41) is 3.23. The Morgan fingerprint density at radius 2 is 1.86 bits per heavy atom. The van der Waals surface area contributed by atoms with Crippen molar-refractivity contribution >= 4 is 17.3 Å². The van der Waals surface area contributed by atoms with Crippen LogP contribution >= 0.6 is 0 Å². The Kier molecular flexibility index (Phi) is 3.51. The summed E-state index contributed by atoms with van der Waals surface area (Å²) in [5.74, 6) is 3.79. The minimum absolute atomic E-state index is 0.458. The lowest BCUT2D eigenvalue weighted by Gasteiger charge is -2.11. The molecule has 1 saturated carbocycles. The van der Waals surface area contributed by atoms with Gasteiger partial charge in [0.05, 0.1) is 14.2 Å². The molecule has 0 saturated heterocycles. The maximum atomic E-state index is 5.84. The first kappa shape index (κ1) is 13.5. The second-order valence-electron chi connectivity index (χ2n) is 5.01. The Balaban J connectivity index is 1.86. The fraction of sp³-hybridized carbons (Fsp3) is 0.333. The Bertz CT molecular complexity index is 656. The van der Waals surface area contributed by atoms with E-state index in [4.69, 9.17) is 15.2 Å². The predicted octanol–water partition coefficient (Wildman–Crippen LogP) is 2.70. The molecule has 0 spiro atoms. The third-order valence-electron chi connectivity index (χ3n) is 3.36. The molecule has 21 heavy (non-hydrogen) atoms. The first-order valence-electron chi connectivity index (χ1n) is 6.83. The second-order valence-corrected chi connectivity index (χ2v) is 5.01. The van der Waals surface area contributed by atoms with Crippen molar-refractivity contribution in [3.63, 3.8) is 0 Å². The number of rotatable bonds is 5. The van der Waals surface area contributed by atoms with E-state index < -0.39 is 0 Å². The van der Waals surface area contributed by atoms with Gasteiger partial charge in [0.2, 0.25) is 0 Å². The highest BCUT2D eigenvalue weighted by molar-refractivity contribution is 5.62. The number of methoxy groups -OCH3 is 2. The lowest BCUT2D eigenvalue weighted by atomic mass is 10.2. The van der Waals surface area contributed by atoms with Gasteiger partial charge in [0.1, 0.15) is 17.5 Å². The number of hydrogen-bond donors (Lipinski definition) is 2. The first-order chi connectivity index (χ1) is 10.2. The fourth-order valence-electron chi connectivity index (χ4n) is 2.14. The van der Waals surface area contributed by atoms with Gasteiger partial charge in [-0.1, -0.05) is 0 Å². The van der Waals surface area contributed by atoms with Gasteiger partial charge < -0.3 is 20.5 Å². The minimum atomic E-state index is 0.458. The quantitative estimate of drug-likeness (QED) is 0.879. The zero-order valence-corrected chi connectivity index (χ0v) is 12.1. The molecule has 6 heteroatoms. The first-order valence-corrected chi connectivity index (χ1v) is 6.83. The van der Waals surface area contributed by atoms with Gasteiger partial charge >= 0.3 is 0 Å². The fourth-order valence-corrected chi connectivity index (χ4v) is 2.14. The molecule has 0 atom stereocenters. The van der Waals surface area contributed by atoms with Crippen LogP contribution in [0.4, 0.5) is 17.3 Å². The number of nitrogens with zero attached hydrogens (tertiary/aromatic N) is 2. The van der Waals surface area contributed by atoms with Crippen LogP contribution in [-0.2, 0) is 0 Å². The van der Waals surface area contributed by atoms with Crippen LogP contribution in [0.3, 0.4) is 0 Å². The molecular weight excluding hydrogens is 268 g/mol. The highest BCUT2D eigenvalue weighted by atomic mass is 16.5. The van der Waals surface area contributed by atoms with Crippen molar-refractivity contribution < 1.29 is 9.47 Å². The number of hydrogen-bond acceptors (Lipinski definition) is 6. The van der Waals surface area contributed by atoms with Gasteiger partial charge in [-0.25, -0.2) is 9.97 Å². The molecule has 0 unspecified atom stereocenters. The number of nitrogens with one attached hydrogen (secondary N) is 1. The van der Waals surface area contributed by atoms with Gasteiger partial charge in [0.25, 0.3) is 0 Å². The second kappa shape index (κ2) is 5.47. The molecule has 6 nitrogen and oxygen atoms in total. The zero-order chi connectivity index (χ0) is 14.8. The maximum absolute atomic E-state index is 5.84. The molecule has 0 radical (unpaired) electrons. The Morgan fingerprint density at radius 3 is 2.52 bits per heavy atom. The van der Waals surface area contributed by atoms with Gasteiger partial charge in [0.15, 0.2) is 11.5 Å². The van der Waals surface area contributed by atoms with Crippen LogP contribution in [0.2, 0.25) is 0 Å². The Morgan fingerprint density at radius 1 is 1.10 bits per heavy atom. The van der Waals surface area contributed by atoms with Crippen LogP contribution in [0.25, 0.3) is 0 Å². The van der Waals surface area contributed by atoms with Crippen LogP contribution in [0.5, 0.6) is 11.5 Å². The van der Waals surface area contributed by atoms with Gasteiger partial charge in [-0.3, -0.25) is 0 Å². The van der Waals surface area contributed by atoms with E-state index in [2.05, 4.69) is 15.3 Å². The van der Waals surface area contributed by atoms with Crippen molar-refractivity contribution in [1.82, 2.24) is 9.97 Å². The Labute approximate surface area is 123 Å². The molecule has 1 aliphatic rings. The predicted molar refractivity (Wildman–Crippen MR) is 81.2 cm³/mol. The molecule has 0 aliphatic heterocycles. The number of aromatic nitrogens is 2. The molecule has 0 bridgehead atoms. The third-order valence-corrected chi connectivity index (χ3v) is 3.36. The zero-order valence-electron chi connectivity index (χ0n) is 12.1. The van der Waals surface area contributed by atoms with E-state index in [0.29, 0.717) is 29.1 Å². The third kappa shape index (κ3) is 2.99. The standard InChI is InChI=1S/C15H18N4O2/c1-20-11-6-5-10(7-12(11)21-2)17-14-8-13(16)18-15(19-14)9-3-4-9/h5-9H,3-4H2,1-2H3,(H3,16,17,18,19). The molecule has 1 heterocycles. The molecule has 1 aliphatic carbocycles. The summed E-state index contributed by atoms with van der Waals surface area (Å²) in [6, 6.07) is 7.32. The van der Waals surface area contributed by atoms with E-state index in [0.717, 1.165) is 24.4 Å². The summed E-state index contributed by atoms with van der Waals surface area (Å²) in [7, 11) is 3.22. The van der Waals surface area contributed by atoms with E-state index in [1.54, 1.807) is 20.3 Å². The van der Waals surface area contributed by atoms with Crippen LogP contribution in [0.15, 0.2) is 24.3 Å². The van der Waals surface area contributed by atoms with Crippen molar-refractivity contribution in [1.29, 1.82) is 0 Å². The Hall–Kier alpha value is -2.50. The van der Waals surface area contributed by atoms with Gasteiger partial charge in [-0.15, -0.1) is 0 Å². The summed E-state index contributed by atoms with van der Waals surface area (Å²) in [5.41, 5.74) is 6.70. The normalized spacial score (nSPS) is 13.8. The average molecular weight is 286 g/mol. The van der Waals surface area contributed by atoms with Crippen molar-refractivity contribution in [3.8, 4) is 11.5 Å². The van der Waals surface area contributed by atoms with E-state index in [-0.39, 0.29) is 0 Å². The van der Waals surface area contributed by atoms with Crippen molar-refractivity contribution in [2.75, 3.05) is 25.3 Å². The monoisotopic (exact) mass is 286 g/mol. The average Bonchev–Trinajstić information content (AvgIpc) is 3.31. The summed E-state index contributed by atoms with van der Waals surface area (Å²) >= 11 is 0. The smallest absolute Gasteiger partial charge is 0.162 e. The minimum Gasteiger partial charge on any atom is -0.493 e. The van der Waals surface area contributed by atoms with Crippen molar-refractivity contribution in [2.24, 2.45) is 0 Å². The lowest BCUT2D eigenvalue weighted by Crippen LogP contribution is -2.03. The molecule has 2 aromatic rings. The number of nitrogen functional groups attached to an aromatic ring is 1. The van der Waals surface area contributed by atoms with E-state index in [9.17, 15) is 0 Å². The van der Waals surface area contributed by atoms with Crippen LogP contribution in [0.1, 0.15) is 24.6 Å². The van der Waals surface area contributed by atoms with Crippen molar-refractivity contribution in [3.05, 3.63) is 30.1 Å². The van der Waals surface area contributed by atoms with Gasteiger partial charge in [0, 0.05) is 23.7 Å². The van der Waals surface area contributed by atoms with Gasteiger partial charge in [-0.05, 0) is 25.0 Å². The summed E-state index contributed by atoms with van der Waals surface area (Å²) in [6.45, 7) is 0. The maximum Gasteiger partial charge on any atom is 0.162 e. The summed E-state index contributed by atoms with van der Waals surface area (Å²) < 4.78 is 10.5. The molecule has 3 rings (SSSR count). The topological polar surface area (TPSA) is 82.3 Å². The van der Waals surface area contributed by atoms with E-state index in [1.807, 2.05) is 18.2 Å². The lowest BCUT2D eigenvalue weighted by molar-refractivity contribution is 0.355. The van der Waals surface area contributed by atoms with E-state index in [1.165, 1.54) is 0 Å². The largest absolute Gasteiger partial charge is 0.493 e. The highest BCUT2D eigenvalue weighted by Crippen LogP contribution is 2.39. The van der Waals surface area contributed by atoms with Crippen LogP contribution in [-0.4, -0.2) is 24.2 Å². The highest BCUT2D eigenvalue weighted by Gasteiger charge is 2.27. The molecule has 1 fully saturated rings. The number of anilines is 3. The molecule has 110 valence electrons. The molecule has 1 aromatic heterocycles. The number of ether oxygens (including phenoxy) is 2. The van der Waals surface area contributed by atoms with Crippen molar-refractivity contribution in [2.45, 2.75) is 18.8 Å². The SMILES string of the molecule is COc1ccc(Nc2cc(N)nc(C3CC3)n2)cc1OC. The summed E-state index contributed by atoms with van der Waals surface area (Å²) in [6.07, 6.45) is 2.28. The van der Waals surface area contributed by atoms with E-state index >= 15 is 0 Å². The number of benzene rings is 1. The van der Waals surface area contributed by atoms with Crippen LogP contribution < -0.4 is 20.5 Å². The van der Waals surface area contributed by atoms with Crippen LogP contribution in [0, 0.1) is 0 Å².